The number of thioether (sulfide) groups is 1. The Labute approximate surface area is 169 Å². The van der Waals surface area contributed by atoms with Gasteiger partial charge in [-0.1, -0.05) is 43.0 Å². The highest BCUT2D eigenvalue weighted by atomic mass is 32.2. The molecule has 0 bridgehead atoms. The first-order valence-corrected chi connectivity index (χ1v) is 10.6. The van der Waals surface area contributed by atoms with Crippen LogP contribution >= 0.6 is 23.1 Å². The normalized spacial score (nSPS) is 18.8. The van der Waals surface area contributed by atoms with Crippen LogP contribution in [0.5, 0.6) is 0 Å². The van der Waals surface area contributed by atoms with Crippen molar-refractivity contribution in [3.05, 3.63) is 62.9 Å². The molecule has 3 heterocycles. The molecule has 4 aromatic rings. The minimum Gasteiger partial charge on any atom is -0.355 e. The van der Waals surface area contributed by atoms with E-state index in [0.29, 0.717) is 15.0 Å². The average molecular weight is 405 g/mol. The highest BCUT2D eigenvalue weighted by Gasteiger charge is 2.39. The van der Waals surface area contributed by atoms with Crippen molar-refractivity contribution in [2.24, 2.45) is 0 Å². The number of benzene rings is 2. The van der Waals surface area contributed by atoms with Crippen LogP contribution in [-0.4, -0.2) is 26.0 Å². The number of rotatable bonds is 3. The topological polar surface area (TPSA) is 82.5 Å². The van der Waals surface area contributed by atoms with Gasteiger partial charge in [0.25, 0.3) is 0 Å². The number of allylic oxidation sites excluding steroid dienone is 1. The van der Waals surface area contributed by atoms with E-state index in [1.54, 1.807) is 0 Å². The summed E-state index contributed by atoms with van der Waals surface area (Å²) in [7, 11) is 0. The number of nitrogens with zero attached hydrogens (tertiary/aromatic N) is 2. The van der Waals surface area contributed by atoms with Gasteiger partial charge >= 0.3 is 0 Å². The summed E-state index contributed by atoms with van der Waals surface area (Å²) in [6.07, 6.45) is 2.66. The summed E-state index contributed by atoms with van der Waals surface area (Å²) in [4.78, 5) is 16.9. The second kappa shape index (κ2) is 6.68. The van der Waals surface area contributed by atoms with E-state index in [4.69, 9.17) is 5.41 Å². The molecule has 0 spiro atoms. The van der Waals surface area contributed by atoms with Crippen molar-refractivity contribution < 1.29 is 4.79 Å². The SMILES string of the molecule is CCc1nnc([C@@H]2C(=N)S/C(=C\c3ccc4[nH]c5ccccc5c4c3)C2=O)s1. The molecule has 1 fully saturated rings. The maximum absolute atomic E-state index is 12.9. The van der Waals surface area contributed by atoms with Gasteiger partial charge in [0.15, 0.2) is 5.78 Å². The lowest BCUT2D eigenvalue weighted by Crippen LogP contribution is -2.11. The molecule has 0 radical (unpaired) electrons. The lowest BCUT2D eigenvalue weighted by molar-refractivity contribution is -0.114. The highest BCUT2D eigenvalue weighted by Crippen LogP contribution is 2.41. The molecule has 2 N–H and O–H groups in total. The zero-order chi connectivity index (χ0) is 19.3. The Balaban J connectivity index is 1.52. The molecule has 1 atom stereocenters. The van der Waals surface area contributed by atoms with Crippen LogP contribution < -0.4 is 0 Å². The minimum atomic E-state index is -0.606. The molecule has 2 aromatic heterocycles. The zero-order valence-electron chi connectivity index (χ0n) is 15.0. The van der Waals surface area contributed by atoms with Gasteiger partial charge in [-0.15, -0.1) is 21.5 Å². The molecule has 1 aliphatic rings. The Kier molecular flexibility index (Phi) is 4.14. The van der Waals surface area contributed by atoms with E-state index in [1.807, 2.05) is 37.3 Å². The number of carbonyl (C=O) groups is 1. The number of H-pyrrole nitrogens is 1. The number of aromatic nitrogens is 3. The lowest BCUT2D eigenvalue weighted by Gasteiger charge is -2.01. The van der Waals surface area contributed by atoms with Crippen LogP contribution in [0.3, 0.4) is 0 Å². The molecule has 28 heavy (non-hydrogen) atoms. The van der Waals surface area contributed by atoms with Gasteiger partial charge in [-0.3, -0.25) is 10.2 Å². The van der Waals surface area contributed by atoms with Crippen LogP contribution in [0.4, 0.5) is 0 Å². The van der Waals surface area contributed by atoms with Gasteiger partial charge in [-0.2, -0.15) is 0 Å². The third-order valence-corrected chi connectivity index (χ3v) is 6.97. The number of ketones is 1. The summed E-state index contributed by atoms with van der Waals surface area (Å²) in [6.45, 7) is 2.01. The fraction of sp³-hybridized carbons (Fsp3) is 0.143. The number of para-hydroxylation sites is 1. The molecule has 5 nitrogen and oxygen atoms in total. The Morgan fingerprint density at radius 1 is 1.14 bits per heavy atom. The molecule has 1 saturated heterocycles. The van der Waals surface area contributed by atoms with E-state index in [9.17, 15) is 4.79 Å². The fourth-order valence-corrected chi connectivity index (χ4v) is 5.40. The molecule has 2 aromatic carbocycles. The van der Waals surface area contributed by atoms with Crippen LogP contribution in [0.2, 0.25) is 0 Å². The smallest absolute Gasteiger partial charge is 0.186 e. The van der Waals surface area contributed by atoms with Crippen molar-refractivity contribution in [1.29, 1.82) is 5.41 Å². The van der Waals surface area contributed by atoms with E-state index in [1.165, 1.54) is 23.1 Å². The van der Waals surface area contributed by atoms with Crippen molar-refractivity contribution in [2.75, 3.05) is 0 Å². The Morgan fingerprint density at radius 3 is 2.79 bits per heavy atom. The van der Waals surface area contributed by atoms with Crippen molar-refractivity contribution in [1.82, 2.24) is 15.2 Å². The van der Waals surface area contributed by atoms with Crippen LogP contribution in [0.25, 0.3) is 27.9 Å². The van der Waals surface area contributed by atoms with Crippen LogP contribution in [0.1, 0.15) is 28.4 Å². The summed E-state index contributed by atoms with van der Waals surface area (Å²) in [6, 6.07) is 14.3. The number of carbonyl (C=O) groups excluding carboxylic acids is 1. The van der Waals surface area contributed by atoms with Crippen molar-refractivity contribution >= 4 is 61.8 Å². The van der Waals surface area contributed by atoms with Crippen LogP contribution in [0, 0.1) is 5.41 Å². The minimum absolute atomic E-state index is 0.0622. The van der Waals surface area contributed by atoms with Crippen molar-refractivity contribution in [3.8, 4) is 0 Å². The molecule has 0 amide bonds. The zero-order valence-corrected chi connectivity index (χ0v) is 16.7. The Hall–Kier alpha value is -2.77. The first kappa shape index (κ1) is 17.3. The Morgan fingerprint density at radius 2 is 1.96 bits per heavy atom. The third kappa shape index (κ3) is 2.78. The monoisotopic (exact) mass is 404 g/mol. The van der Waals surface area contributed by atoms with Crippen LogP contribution in [0.15, 0.2) is 47.4 Å². The van der Waals surface area contributed by atoms with Gasteiger partial charge in [0, 0.05) is 21.8 Å². The second-order valence-electron chi connectivity index (χ2n) is 6.64. The summed E-state index contributed by atoms with van der Waals surface area (Å²) < 4.78 is 0. The Bertz CT molecular complexity index is 1280. The molecular weight excluding hydrogens is 388 g/mol. The number of aryl methyl sites for hydroxylation is 1. The summed E-state index contributed by atoms with van der Waals surface area (Å²) in [5, 5.41) is 20.7. The summed E-state index contributed by atoms with van der Waals surface area (Å²) in [5.74, 6) is -0.668. The molecule has 138 valence electrons. The molecular formula is C21H16N4OS2. The molecule has 5 rings (SSSR count). The molecule has 1 aliphatic heterocycles. The third-order valence-electron chi connectivity index (χ3n) is 4.85. The second-order valence-corrected chi connectivity index (χ2v) is 8.81. The standard InChI is InChI=1S/C21H16N4OS2/c1-2-17-24-25-21(28-17)18-19(26)16(27-20(18)22)10-11-7-8-15-13(9-11)12-5-3-4-6-14(12)23-15/h3-10,18,22-23H,2H2,1H3/b16-10-,22-20?/t18-/m0/s1. The molecule has 7 heteroatoms. The summed E-state index contributed by atoms with van der Waals surface area (Å²) in [5.41, 5.74) is 3.12. The largest absolute Gasteiger partial charge is 0.355 e. The van der Waals surface area contributed by atoms with Crippen molar-refractivity contribution in [2.45, 2.75) is 19.3 Å². The number of hydrogen-bond acceptors (Lipinski definition) is 6. The van der Waals surface area contributed by atoms with Gasteiger partial charge in [-0.25, -0.2) is 0 Å². The molecule has 0 aliphatic carbocycles. The maximum atomic E-state index is 12.9. The van der Waals surface area contributed by atoms with E-state index in [-0.39, 0.29) is 5.78 Å². The first-order chi connectivity index (χ1) is 13.6. The van der Waals surface area contributed by atoms with Gasteiger partial charge in [0.05, 0.1) is 9.95 Å². The number of hydrogen-bond donors (Lipinski definition) is 2. The summed E-state index contributed by atoms with van der Waals surface area (Å²) >= 11 is 2.65. The average Bonchev–Trinajstić information content (AvgIpc) is 3.38. The number of aromatic amines is 1. The van der Waals surface area contributed by atoms with Gasteiger partial charge in [0.2, 0.25) is 0 Å². The number of fused-ring (bicyclic) bond motifs is 3. The highest BCUT2D eigenvalue weighted by molar-refractivity contribution is 8.19. The van der Waals surface area contributed by atoms with Crippen LogP contribution in [-0.2, 0) is 11.2 Å². The predicted octanol–water partition coefficient (Wildman–Crippen LogP) is 5.15. The van der Waals surface area contributed by atoms with E-state index < -0.39 is 5.92 Å². The molecule has 0 unspecified atom stereocenters. The van der Waals surface area contributed by atoms with E-state index >= 15 is 0 Å². The molecule has 0 saturated carbocycles. The fourth-order valence-electron chi connectivity index (χ4n) is 3.45. The predicted molar refractivity (Wildman–Crippen MR) is 116 cm³/mol. The number of nitrogens with one attached hydrogen (secondary N) is 2. The van der Waals surface area contributed by atoms with Crippen molar-refractivity contribution in [3.63, 3.8) is 0 Å². The van der Waals surface area contributed by atoms with Gasteiger partial charge in [-0.05, 0) is 36.3 Å². The quantitative estimate of drug-likeness (QED) is 0.463. The van der Waals surface area contributed by atoms with Gasteiger partial charge in [0.1, 0.15) is 15.9 Å². The van der Waals surface area contributed by atoms with E-state index in [0.717, 1.165) is 38.8 Å². The van der Waals surface area contributed by atoms with E-state index in [2.05, 4.69) is 33.4 Å². The number of Topliss-reactive ketones (excluding diaryl/α,β-unsaturated/α-hetero) is 1. The van der Waals surface area contributed by atoms with Gasteiger partial charge < -0.3 is 4.98 Å². The first-order valence-electron chi connectivity index (χ1n) is 8.99. The maximum Gasteiger partial charge on any atom is 0.186 e. The lowest BCUT2D eigenvalue weighted by atomic mass is 10.0.